The Morgan fingerprint density at radius 1 is 1.15 bits per heavy atom. The highest BCUT2D eigenvalue weighted by Gasteiger charge is 2.31. The van der Waals surface area contributed by atoms with Crippen LogP contribution < -0.4 is 5.73 Å². The van der Waals surface area contributed by atoms with Crippen LogP contribution in [0.15, 0.2) is 17.2 Å². The van der Waals surface area contributed by atoms with Crippen molar-refractivity contribution in [1.29, 1.82) is 0 Å². The number of nitrogens with zero attached hydrogens (tertiary/aromatic N) is 3. The van der Waals surface area contributed by atoms with Gasteiger partial charge in [0.05, 0.1) is 0 Å². The van der Waals surface area contributed by atoms with Gasteiger partial charge in [-0.05, 0) is 18.4 Å². The van der Waals surface area contributed by atoms with Gasteiger partial charge in [0.1, 0.15) is 10.6 Å². The number of carbonyl (C=O) groups excluding carboxylic acids is 2. The van der Waals surface area contributed by atoms with E-state index < -0.39 is 15.9 Å². The van der Waals surface area contributed by atoms with Gasteiger partial charge < -0.3 is 15.2 Å². The average molecular weight is 397 g/mol. The molecule has 0 radical (unpaired) electrons. The third-order valence-corrected chi connectivity index (χ3v) is 7.57. The molecule has 2 heterocycles. The van der Waals surface area contributed by atoms with Crippen molar-refractivity contribution < 1.29 is 18.0 Å². The number of hydrogen-bond donors (Lipinski definition) is 1. The Hall–Kier alpha value is -1.87. The van der Waals surface area contributed by atoms with Gasteiger partial charge in [0.25, 0.3) is 5.91 Å². The van der Waals surface area contributed by atoms with Crippen molar-refractivity contribution in [2.45, 2.75) is 43.4 Å². The highest BCUT2D eigenvalue weighted by atomic mass is 32.2. The number of piperazine rings is 1. The highest BCUT2D eigenvalue weighted by Crippen LogP contribution is 2.29. The molecule has 1 aromatic rings. The maximum atomic E-state index is 12.8. The zero-order valence-electron chi connectivity index (χ0n) is 15.8. The SMILES string of the molecule is Cn1cc(S(=O)(=O)N2CCN(C(=O)CCC3CCCC3)CC2)cc1C(N)=O. The van der Waals surface area contributed by atoms with Gasteiger partial charge in [0.15, 0.2) is 0 Å². The van der Waals surface area contributed by atoms with Crippen LogP contribution in [0.3, 0.4) is 0 Å². The molecule has 2 fully saturated rings. The molecule has 150 valence electrons. The van der Waals surface area contributed by atoms with Gasteiger partial charge in [0, 0.05) is 45.8 Å². The average Bonchev–Trinajstić information content (AvgIpc) is 3.29. The normalized spacial score (nSPS) is 19.5. The first-order valence-electron chi connectivity index (χ1n) is 9.53. The van der Waals surface area contributed by atoms with Crippen LogP contribution in [0, 0.1) is 5.92 Å². The van der Waals surface area contributed by atoms with Gasteiger partial charge in [-0.2, -0.15) is 4.31 Å². The molecule has 1 aromatic heterocycles. The van der Waals surface area contributed by atoms with Crippen LogP contribution in [-0.4, -0.2) is 60.2 Å². The van der Waals surface area contributed by atoms with Gasteiger partial charge in [-0.1, -0.05) is 25.7 Å². The second kappa shape index (κ2) is 8.02. The summed E-state index contributed by atoms with van der Waals surface area (Å²) in [5.74, 6) is 0.124. The molecule has 1 aliphatic heterocycles. The maximum absolute atomic E-state index is 12.8. The van der Waals surface area contributed by atoms with E-state index in [-0.39, 0.29) is 29.6 Å². The summed E-state index contributed by atoms with van der Waals surface area (Å²) in [4.78, 5) is 25.6. The van der Waals surface area contributed by atoms with Crippen molar-refractivity contribution in [2.24, 2.45) is 18.7 Å². The minimum absolute atomic E-state index is 0.0554. The maximum Gasteiger partial charge on any atom is 0.265 e. The van der Waals surface area contributed by atoms with E-state index in [1.807, 2.05) is 0 Å². The number of sulfonamides is 1. The van der Waals surface area contributed by atoms with Crippen molar-refractivity contribution in [1.82, 2.24) is 13.8 Å². The van der Waals surface area contributed by atoms with Gasteiger partial charge in [-0.25, -0.2) is 8.42 Å². The fourth-order valence-electron chi connectivity index (χ4n) is 4.03. The topological polar surface area (TPSA) is 106 Å². The molecule has 2 N–H and O–H groups in total. The molecule has 9 heteroatoms. The minimum Gasteiger partial charge on any atom is -0.364 e. The lowest BCUT2D eigenvalue weighted by Gasteiger charge is -2.34. The molecule has 1 aliphatic carbocycles. The van der Waals surface area contributed by atoms with E-state index >= 15 is 0 Å². The fraction of sp³-hybridized carbons (Fsp3) is 0.667. The van der Waals surface area contributed by atoms with Gasteiger partial charge in [-0.15, -0.1) is 0 Å². The van der Waals surface area contributed by atoms with Gasteiger partial charge in [-0.3, -0.25) is 9.59 Å². The molecule has 1 saturated heterocycles. The van der Waals surface area contributed by atoms with Crippen LogP contribution in [0.4, 0.5) is 0 Å². The van der Waals surface area contributed by atoms with Crippen LogP contribution in [0.1, 0.15) is 49.0 Å². The Bertz CT molecular complexity index is 803. The molecule has 3 rings (SSSR count). The first-order valence-corrected chi connectivity index (χ1v) is 11.0. The monoisotopic (exact) mass is 396 g/mol. The molecule has 0 unspecified atom stereocenters. The van der Waals surface area contributed by atoms with Crippen LogP contribution in [0.25, 0.3) is 0 Å². The third kappa shape index (κ3) is 4.35. The van der Waals surface area contributed by atoms with Crippen LogP contribution >= 0.6 is 0 Å². The standard InChI is InChI=1S/C18H28N4O4S/c1-20-13-15(12-16(20)18(19)24)27(25,26)22-10-8-21(9-11-22)17(23)7-6-14-4-2-3-5-14/h12-14H,2-11H2,1H3,(H2,19,24). The summed E-state index contributed by atoms with van der Waals surface area (Å²) in [5.41, 5.74) is 5.41. The smallest absolute Gasteiger partial charge is 0.265 e. The van der Waals surface area contributed by atoms with Crippen LogP contribution in [0.2, 0.25) is 0 Å². The predicted molar refractivity (Wildman–Crippen MR) is 100 cm³/mol. The highest BCUT2D eigenvalue weighted by molar-refractivity contribution is 7.89. The zero-order chi connectivity index (χ0) is 19.6. The third-order valence-electron chi connectivity index (χ3n) is 5.70. The lowest BCUT2D eigenvalue weighted by Crippen LogP contribution is -2.50. The summed E-state index contributed by atoms with van der Waals surface area (Å²) in [5, 5.41) is 0. The zero-order valence-corrected chi connectivity index (χ0v) is 16.6. The molecule has 0 bridgehead atoms. The quantitative estimate of drug-likeness (QED) is 0.772. The van der Waals surface area contributed by atoms with Gasteiger partial charge >= 0.3 is 0 Å². The van der Waals surface area contributed by atoms with Crippen molar-refractivity contribution in [3.63, 3.8) is 0 Å². The number of aromatic nitrogens is 1. The molecule has 27 heavy (non-hydrogen) atoms. The summed E-state index contributed by atoms with van der Waals surface area (Å²) in [6, 6.07) is 1.30. The summed E-state index contributed by atoms with van der Waals surface area (Å²) >= 11 is 0. The van der Waals surface area contributed by atoms with Gasteiger partial charge in [0.2, 0.25) is 15.9 Å². The number of primary amides is 1. The summed E-state index contributed by atoms with van der Waals surface area (Å²) < 4.78 is 28.4. The Balaban J connectivity index is 1.56. The second-order valence-electron chi connectivity index (χ2n) is 7.51. The Kier molecular flexibility index (Phi) is 5.90. The molecule has 0 spiro atoms. The van der Waals surface area contributed by atoms with E-state index in [1.54, 1.807) is 11.9 Å². The molecule has 8 nitrogen and oxygen atoms in total. The largest absolute Gasteiger partial charge is 0.364 e. The first-order chi connectivity index (χ1) is 12.8. The van der Waals surface area contributed by atoms with E-state index in [9.17, 15) is 18.0 Å². The summed E-state index contributed by atoms with van der Waals surface area (Å²) in [7, 11) is -2.12. The van der Waals surface area contributed by atoms with Crippen molar-refractivity contribution in [2.75, 3.05) is 26.2 Å². The lowest BCUT2D eigenvalue weighted by molar-refractivity contribution is -0.132. The van der Waals surface area contributed by atoms with Crippen molar-refractivity contribution in [3.8, 4) is 0 Å². The van der Waals surface area contributed by atoms with E-state index in [4.69, 9.17) is 5.73 Å². The predicted octanol–water partition coefficient (Wildman–Crippen LogP) is 0.927. The summed E-state index contributed by atoms with van der Waals surface area (Å²) in [6.07, 6.45) is 7.88. The summed E-state index contributed by atoms with van der Waals surface area (Å²) in [6.45, 7) is 1.33. The Labute approximate surface area is 160 Å². The first kappa shape index (κ1) is 19.9. The second-order valence-corrected chi connectivity index (χ2v) is 9.45. The minimum atomic E-state index is -3.70. The number of aryl methyl sites for hydroxylation is 1. The van der Waals surface area contributed by atoms with Crippen molar-refractivity contribution >= 4 is 21.8 Å². The molecule has 1 saturated carbocycles. The number of amides is 2. The number of rotatable bonds is 6. The molecule has 2 aliphatic rings. The molecule has 2 amide bonds. The molecular weight excluding hydrogens is 368 g/mol. The molecule has 0 atom stereocenters. The van der Waals surface area contributed by atoms with Crippen molar-refractivity contribution in [3.05, 3.63) is 18.0 Å². The fourth-order valence-corrected chi connectivity index (χ4v) is 5.53. The Morgan fingerprint density at radius 2 is 1.78 bits per heavy atom. The van der Waals surface area contributed by atoms with E-state index in [2.05, 4.69) is 0 Å². The van der Waals surface area contributed by atoms with E-state index in [0.717, 1.165) is 6.42 Å². The van der Waals surface area contributed by atoms with Crippen LogP contribution in [0.5, 0.6) is 0 Å². The van der Waals surface area contributed by atoms with E-state index in [1.165, 1.54) is 46.8 Å². The number of nitrogens with two attached hydrogens (primary N) is 1. The molecule has 0 aromatic carbocycles. The number of hydrogen-bond acceptors (Lipinski definition) is 4. The Morgan fingerprint density at radius 3 is 2.33 bits per heavy atom. The van der Waals surface area contributed by atoms with Crippen LogP contribution in [-0.2, 0) is 21.9 Å². The molecular formula is C18H28N4O4S. The lowest BCUT2D eigenvalue weighted by atomic mass is 10.0. The number of carbonyl (C=O) groups is 2. The van der Waals surface area contributed by atoms with E-state index in [0.29, 0.717) is 25.4 Å².